The zero-order valence-corrected chi connectivity index (χ0v) is 12.9. The molecule has 0 radical (unpaired) electrons. The fourth-order valence-electron chi connectivity index (χ4n) is 3.21. The summed E-state index contributed by atoms with van der Waals surface area (Å²) >= 11 is 4.64. The molecule has 1 fully saturated rings. The number of aryl methyl sites for hydroxylation is 2. The Kier molecular flexibility index (Phi) is 3.80. The summed E-state index contributed by atoms with van der Waals surface area (Å²) in [6.45, 7) is 8.98. The zero-order chi connectivity index (χ0) is 13.4. The molecule has 2 heteroatoms. The van der Waals surface area contributed by atoms with Gasteiger partial charge in [0.05, 0.1) is 5.54 Å². The predicted octanol–water partition coefficient (Wildman–Crippen LogP) is 3.98. The molecule has 2 rings (SSSR count). The molecule has 0 amide bonds. The summed E-state index contributed by atoms with van der Waals surface area (Å²) in [5.74, 6) is 0.868. The first-order valence-electron chi connectivity index (χ1n) is 6.93. The van der Waals surface area contributed by atoms with Gasteiger partial charge in [0, 0.05) is 11.3 Å². The van der Waals surface area contributed by atoms with Crippen LogP contribution in [-0.2, 0) is 5.54 Å². The first kappa shape index (κ1) is 14.0. The van der Waals surface area contributed by atoms with Crippen LogP contribution in [0.5, 0.6) is 0 Å². The van der Waals surface area contributed by atoms with Crippen LogP contribution in [0.15, 0.2) is 18.2 Å². The topological polar surface area (TPSA) is 12.0 Å². The highest BCUT2D eigenvalue weighted by molar-refractivity contribution is 7.80. The van der Waals surface area contributed by atoms with Gasteiger partial charge in [-0.15, -0.1) is 0 Å². The number of nitrogens with one attached hydrogen (secondary N) is 1. The van der Waals surface area contributed by atoms with Crippen molar-refractivity contribution in [2.45, 2.75) is 58.0 Å². The Morgan fingerprint density at radius 1 is 1.28 bits per heavy atom. The number of rotatable bonds is 3. The van der Waals surface area contributed by atoms with Crippen molar-refractivity contribution < 1.29 is 0 Å². The summed E-state index contributed by atoms with van der Waals surface area (Å²) in [6.07, 6.45) is 3.59. The lowest BCUT2D eigenvalue weighted by molar-refractivity contribution is 0.328. The fraction of sp³-hybridized carbons (Fsp3) is 0.625. The van der Waals surface area contributed by atoms with Gasteiger partial charge in [-0.3, -0.25) is 0 Å². The molecule has 0 aromatic heterocycles. The second-order valence-corrected chi connectivity index (χ2v) is 6.41. The van der Waals surface area contributed by atoms with Gasteiger partial charge in [-0.2, -0.15) is 12.6 Å². The molecule has 2 atom stereocenters. The van der Waals surface area contributed by atoms with E-state index >= 15 is 0 Å². The molecule has 0 aliphatic carbocycles. The quantitative estimate of drug-likeness (QED) is 0.786. The number of benzene rings is 1. The standard InChI is InChI=1S/C16H25NS/c1-5-15(4)8-9-16(11-18,17-15)14-7-6-12(2)10-13(14)3/h6-7,10,17-18H,5,8-9,11H2,1-4H3. The lowest BCUT2D eigenvalue weighted by atomic mass is 9.86. The van der Waals surface area contributed by atoms with Crippen molar-refractivity contribution >= 4 is 12.6 Å². The average Bonchev–Trinajstić information content (AvgIpc) is 2.69. The maximum atomic E-state index is 4.64. The summed E-state index contributed by atoms with van der Waals surface area (Å²) in [4.78, 5) is 0. The second-order valence-electron chi connectivity index (χ2n) is 6.10. The van der Waals surface area contributed by atoms with Gasteiger partial charge in [0.2, 0.25) is 0 Å². The van der Waals surface area contributed by atoms with Gasteiger partial charge in [-0.1, -0.05) is 30.7 Å². The average molecular weight is 263 g/mol. The van der Waals surface area contributed by atoms with E-state index in [2.05, 4.69) is 63.8 Å². The third-order valence-electron chi connectivity index (χ3n) is 4.59. The van der Waals surface area contributed by atoms with E-state index in [-0.39, 0.29) is 11.1 Å². The Morgan fingerprint density at radius 2 is 2.00 bits per heavy atom. The summed E-state index contributed by atoms with van der Waals surface area (Å²) in [6, 6.07) is 6.79. The van der Waals surface area contributed by atoms with Gasteiger partial charge >= 0.3 is 0 Å². The smallest absolute Gasteiger partial charge is 0.0531 e. The molecule has 1 aliphatic heterocycles. The number of hydrogen-bond acceptors (Lipinski definition) is 2. The lowest BCUT2D eigenvalue weighted by Gasteiger charge is -2.34. The minimum absolute atomic E-state index is 0.0612. The summed E-state index contributed by atoms with van der Waals surface area (Å²) < 4.78 is 0. The van der Waals surface area contributed by atoms with E-state index in [4.69, 9.17) is 0 Å². The third-order valence-corrected chi connectivity index (χ3v) is 5.13. The molecule has 1 aromatic rings. The molecule has 1 nitrogen and oxygen atoms in total. The van der Waals surface area contributed by atoms with E-state index in [1.54, 1.807) is 0 Å². The van der Waals surface area contributed by atoms with Crippen LogP contribution in [0.1, 0.15) is 49.8 Å². The Morgan fingerprint density at radius 3 is 2.50 bits per heavy atom. The maximum Gasteiger partial charge on any atom is 0.0531 e. The first-order valence-corrected chi connectivity index (χ1v) is 7.56. The highest BCUT2D eigenvalue weighted by Gasteiger charge is 2.44. The van der Waals surface area contributed by atoms with E-state index in [1.807, 2.05) is 0 Å². The molecule has 1 N–H and O–H groups in total. The van der Waals surface area contributed by atoms with E-state index in [0.717, 1.165) is 5.75 Å². The van der Waals surface area contributed by atoms with Crippen molar-refractivity contribution in [3.63, 3.8) is 0 Å². The Labute approximate surface area is 117 Å². The van der Waals surface area contributed by atoms with E-state index in [1.165, 1.54) is 36.0 Å². The van der Waals surface area contributed by atoms with Crippen molar-refractivity contribution in [1.29, 1.82) is 0 Å². The molecule has 18 heavy (non-hydrogen) atoms. The van der Waals surface area contributed by atoms with E-state index in [9.17, 15) is 0 Å². The largest absolute Gasteiger partial charge is 0.301 e. The van der Waals surface area contributed by atoms with Crippen molar-refractivity contribution in [3.05, 3.63) is 34.9 Å². The van der Waals surface area contributed by atoms with Gasteiger partial charge in [0.15, 0.2) is 0 Å². The summed E-state index contributed by atoms with van der Waals surface area (Å²) in [5.41, 5.74) is 4.48. The molecule has 0 bridgehead atoms. The zero-order valence-electron chi connectivity index (χ0n) is 12.0. The molecule has 1 saturated heterocycles. The summed E-state index contributed by atoms with van der Waals surface area (Å²) in [5, 5.41) is 3.88. The molecule has 100 valence electrons. The van der Waals surface area contributed by atoms with E-state index in [0.29, 0.717) is 0 Å². The number of thiol groups is 1. The highest BCUT2D eigenvalue weighted by Crippen LogP contribution is 2.41. The molecular formula is C16H25NS. The molecule has 1 aliphatic rings. The Bertz CT molecular complexity index is 443. The van der Waals surface area contributed by atoms with Crippen LogP contribution >= 0.6 is 12.6 Å². The van der Waals surface area contributed by atoms with E-state index < -0.39 is 0 Å². The number of hydrogen-bond donors (Lipinski definition) is 2. The van der Waals surface area contributed by atoms with Gasteiger partial charge in [-0.25, -0.2) is 0 Å². The second kappa shape index (κ2) is 4.90. The van der Waals surface area contributed by atoms with Crippen molar-refractivity contribution in [2.24, 2.45) is 0 Å². The highest BCUT2D eigenvalue weighted by atomic mass is 32.1. The molecular weight excluding hydrogens is 238 g/mol. The lowest BCUT2D eigenvalue weighted by Crippen LogP contribution is -2.48. The summed E-state index contributed by atoms with van der Waals surface area (Å²) in [7, 11) is 0. The van der Waals surface area contributed by atoms with Crippen molar-refractivity contribution in [2.75, 3.05) is 5.75 Å². The Balaban J connectivity index is 2.40. The van der Waals surface area contributed by atoms with Crippen LogP contribution in [0, 0.1) is 13.8 Å². The van der Waals surface area contributed by atoms with Crippen molar-refractivity contribution in [1.82, 2.24) is 5.32 Å². The van der Waals surface area contributed by atoms with Gasteiger partial charge in [0.1, 0.15) is 0 Å². The van der Waals surface area contributed by atoms with Crippen LogP contribution < -0.4 is 5.32 Å². The third kappa shape index (κ3) is 2.33. The molecule has 0 spiro atoms. The van der Waals surface area contributed by atoms with Crippen molar-refractivity contribution in [3.8, 4) is 0 Å². The van der Waals surface area contributed by atoms with Crippen LogP contribution in [0.4, 0.5) is 0 Å². The maximum absolute atomic E-state index is 4.64. The minimum atomic E-state index is 0.0612. The van der Waals surface area contributed by atoms with Crippen LogP contribution in [0.2, 0.25) is 0 Å². The van der Waals surface area contributed by atoms with Crippen LogP contribution in [0.25, 0.3) is 0 Å². The van der Waals surface area contributed by atoms with Gasteiger partial charge in [-0.05, 0) is 51.2 Å². The minimum Gasteiger partial charge on any atom is -0.301 e. The Hall–Kier alpha value is -0.470. The molecule has 1 aromatic carbocycles. The fourth-order valence-corrected chi connectivity index (χ4v) is 3.62. The van der Waals surface area contributed by atoms with Gasteiger partial charge < -0.3 is 5.32 Å². The molecule has 2 unspecified atom stereocenters. The monoisotopic (exact) mass is 263 g/mol. The first-order chi connectivity index (χ1) is 8.45. The normalized spacial score (nSPS) is 31.8. The van der Waals surface area contributed by atoms with Crippen LogP contribution in [0.3, 0.4) is 0 Å². The predicted molar refractivity (Wildman–Crippen MR) is 82.5 cm³/mol. The van der Waals surface area contributed by atoms with Gasteiger partial charge in [0.25, 0.3) is 0 Å². The molecule has 0 saturated carbocycles. The van der Waals surface area contributed by atoms with Crippen LogP contribution in [-0.4, -0.2) is 11.3 Å². The molecule has 1 heterocycles. The SMILES string of the molecule is CCC1(C)CCC(CS)(c2ccc(C)cc2C)N1.